The topological polar surface area (TPSA) is 75.3 Å². The van der Waals surface area contributed by atoms with E-state index in [1.807, 2.05) is 0 Å². The van der Waals surface area contributed by atoms with E-state index in [1.54, 1.807) is 6.92 Å². The Morgan fingerprint density at radius 3 is 2.77 bits per heavy atom. The Bertz CT molecular complexity index is 178. The van der Waals surface area contributed by atoms with E-state index >= 15 is 0 Å². The number of aliphatic hydroxyl groups is 1. The maximum absolute atomic E-state index is 11.2. The fourth-order valence-corrected chi connectivity index (χ4v) is 1.06. The van der Waals surface area contributed by atoms with Gasteiger partial charge < -0.3 is 16.2 Å². The van der Waals surface area contributed by atoms with Crippen LogP contribution in [-0.2, 0) is 4.79 Å². The zero-order valence-corrected chi connectivity index (χ0v) is 7.99. The van der Waals surface area contributed by atoms with Crippen molar-refractivity contribution in [1.82, 2.24) is 5.32 Å². The number of hydrogen-bond acceptors (Lipinski definition) is 3. The Labute approximate surface area is 78.5 Å². The first-order chi connectivity index (χ1) is 6.09. The third-order valence-corrected chi connectivity index (χ3v) is 2.33. The minimum absolute atomic E-state index is 0.0543. The Balaban J connectivity index is 2.06. The second-order valence-corrected chi connectivity index (χ2v) is 3.86. The van der Waals surface area contributed by atoms with E-state index in [2.05, 4.69) is 5.32 Å². The fraction of sp³-hybridized carbons (Fsp3) is 0.889. The molecule has 0 spiro atoms. The maximum atomic E-state index is 11.2. The zero-order valence-electron chi connectivity index (χ0n) is 7.99. The van der Waals surface area contributed by atoms with E-state index in [4.69, 9.17) is 10.8 Å². The molecule has 4 N–H and O–H groups in total. The molecule has 1 saturated carbocycles. The SMILES string of the molecule is CC(O)C(N)CNC(=O)CC1CC1. The smallest absolute Gasteiger partial charge is 0.220 e. The fourth-order valence-electron chi connectivity index (χ4n) is 1.06. The lowest BCUT2D eigenvalue weighted by Gasteiger charge is -2.14. The summed E-state index contributed by atoms with van der Waals surface area (Å²) in [4.78, 5) is 11.2. The van der Waals surface area contributed by atoms with Crippen LogP contribution in [0.2, 0.25) is 0 Å². The highest BCUT2D eigenvalue weighted by molar-refractivity contribution is 5.76. The number of aliphatic hydroxyl groups excluding tert-OH is 1. The first-order valence-corrected chi connectivity index (χ1v) is 4.80. The molecule has 0 saturated heterocycles. The van der Waals surface area contributed by atoms with Crippen molar-refractivity contribution in [3.05, 3.63) is 0 Å². The Kier molecular flexibility index (Phi) is 3.69. The number of hydrogen-bond donors (Lipinski definition) is 3. The number of carbonyl (C=O) groups excluding carboxylic acids is 1. The molecule has 2 unspecified atom stereocenters. The summed E-state index contributed by atoms with van der Waals surface area (Å²) in [6.45, 7) is 1.99. The van der Waals surface area contributed by atoms with Gasteiger partial charge in [0.25, 0.3) is 0 Å². The van der Waals surface area contributed by atoms with Gasteiger partial charge in [-0.15, -0.1) is 0 Å². The van der Waals surface area contributed by atoms with Crippen LogP contribution >= 0.6 is 0 Å². The third kappa shape index (κ3) is 4.24. The van der Waals surface area contributed by atoms with Crippen LogP contribution in [0, 0.1) is 5.92 Å². The largest absolute Gasteiger partial charge is 0.392 e. The molecule has 1 amide bonds. The van der Waals surface area contributed by atoms with Crippen molar-refractivity contribution in [3.63, 3.8) is 0 Å². The van der Waals surface area contributed by atoms with Gasteiger partial charge in [0.05, 0.1) is 6.10 Å². The lowest BCUT2D eigenvalue weighted by Crippen LogP contribution is -2.43. The Hall–Kier alpha value is -0.610. The number of amides is 1. The summed E-state index contributed by atoms with van der Waals surface area (Å²) in [6.07, 6.45) is 2.40. The average molecular weight is 186 g/mol. The molecule has 76 valence electrons. The Morgan fingerprint density at radius 2 is 2.31 bits per heavy atom. The van der Waals surface area contributed by atoms with E-state index in [0.29, 0.717) is 18.9 Å². The van der Waals surface area contributed by atoms with Gasteiger partial charge in [-0.3, -0.25) is 4.79 Å². The predicted molar refractivity (Wildman–Crippen MR) is 50.0 cm³/mol. The van der Waals surface area contributed by atoms with Crippen LogP contribution in [-0.4, -0.2) is 29.7 Å². The molecule has 13 heavy (non-hydrogen) atoms. The third-order valence-electron chi connectivity index (χ3n) is 2.33. The molecule has 0 aromatic carbocycles. The first kappa shape index (κ1) is 10.5. The van der Waals surface area contributed by atoms with E-state index < -0.39 is 6.10 Å². The summed E-state index contributed by atoms with van der Waals surface area (Å²) in [5.74, 6) is 0.654. The molecular weight excluding hydrogens is 168 g/mol. The van der Waals surface area contributed by atoms with Gasteiger partial charge in [0.15, 0.2) is 0 Å². The lowest BCUT2D eigenvalue weighted by molar-refractivity contribution is -0.121. The second-order valence-electron chi connectivity index (χ2n) is 3.86. The molecular formula is C9H18N2O2. The highest BCUT2D eigenvalue weighted by atomic mass is 16.3. The van der Waals surface area contributed by atoms with Crippen molar-refractivity contribution in [2.45, 2.75) is 38.3 Å². The van der Waals surface area contributed by atoms with Crippen LogP contribution in [0.25, 0.3) is 0 Å². The summed E-state index contributed by atoms with van der Waals surface area (Å²) >= 11 is 0. The monoisotopic (exact) mass is 186 g/mol. The summed E-state index contributed by atoms with van der Waals surface area (Å²) in [5, 5.41) is 11.8. The standard InChI is InChI=1S/C9H18N2O2/c1-6(12)8(10)5-11-9(13)4-7-2-3-7/h6-8,12H,2-5,10H2,1H3,(H,11,13). The molecule has 1 fully saturated rings. The van der Waals surface area contributed by atoms with Gasteiger partial charge in [0, 0.05) is 19.0 Å². The van der Waals surface area contributed by atoms with Crippen LogP contribution in [0.4, 0.5) is 0 Å². The van der Waals surface area contributed by atoms with Gasteiger partial charge in [0.1, 0.15) is 0 Å². The zero-order chi connectivity index (χ0) is 9.84. The quantitative estimate of drug-likeness (QED) is 0.547. The van der Waals surface area contributed by atoms with Crippen LogP contribution in [0.1, 0.15) is 26.2 Å². The lowest BCUT2D eigenvalue weighted by atomic mass is 10.2. The molecule has 0 heterocycles. The molecule has 4 nitrogen and oxygen atoms in total. The number of nitrogens with one attached hydrogen (secondary N) is 1. The van der Waals surface area contributed by atoms with Crippen molar-refractivity contribution < 1.29 is 9.90 Å². The van der Waals surface area contributed by atoms with Gasteiger partial charge >= 0.3 is 0 Å². The minimum atomic E-state index is -0.568. The summed E-state index contributed by atoms with van der Waals surface area (Å²) in [6, 6.07) is -0.358. The first-order valence-electron chi connectivity index (χ1n) is 4.80. The molecule has 1 aliphatic carbocycles. The molecule has 0 bridgehead atoms. The van der Waals surface area contributed by atoms with E-state index in [0.717, 1.165) is 0 Å². The van der Waals surface area contributed by atoms with Gasteiger partial charge in [0.2, 0.25) is 5.91 Å². The maximum Gasteiger partial charge on any atom is 0.220 e. The second kappa shape index (κ2) is 4.58. The van der Waals surface area contributed by atoms with Crippen molar-refractivity contribution in [3.8, 4) is 0 Å². The van der Waals surface area contributed by atoms with Crippen molar-refractivity contribution in [2.75, 3.05) is 6.54 Å². The summed E-state index contributed by atoms with van der Waals surface area (Å²) in [5.41, 5.74) is 5.55. The van der Waals surface area contributed by atoms with Crippen LogP contribution in [0.3, 0.4) is 0 Å². The van der Waals surface area contributed by atoms with E-state index in [1.165, 1.54) is 12.8 Å². The molecule has 0 radical (unpaired) electrons. The number of rotatable bonds is 5. The van der Waals surface area contributed by atoms with E-state index in [9.17, 15) is 4.79 Å². The van der Waals surface area contributed by atoms with Crippen LogP contribution in [0.15, 0.2) is 0 Å². The molecule has 2 atom stereocenters. The number of nitrogens with two attached hydrogens (primary N) is 1. The molecule has 0 aromatic heterocycles. The molecule has 1 rings (SSSR count). The molecule has 0 aliphatic heterocycles. The summed E-state index contributed by atoms with van der Waals surface area (Å²) in [7, 11) is 0. The van der Waals surface area contributed by atoms with Crippen molar-refractivity contribution in [1.29, 1.82) is 0 Å². The van der Waals surface area contributed by atoms with Crippen LogP contribution < -0.4 is 11.1 Å². The van der Waals surface area contributed by atoms with Gasteiger partial charge in [-0.25, -0.2) is 0 Å². The van der Waals surface area contributed by atoms with Crippen molar-refractivity contribution in [2.24, 2.45) is 11.7 Å². The highest BCUT2D eigenvalue weighted by Gasteiger charge is 2.24. The average Bonchev–Trinajstić information content (AvgIpc) is 2.83. The van der Waals surface area contributed by atoms with Gasteiger partial charge in [-0.1, -0.05) is 0 Å². The molecule has 4 heteroatoms. The Morgan fingerprint density at radius 1 is 1.69 bits per heavy atom. The van der Waals surface area contributed by atoms with Gasteiger partial charge in [-0.2, -0.15) is 0 Å². The molecule has 0 aromatic rings. The van der Waals surface area contributed by atoms with Crippen LogP contribution in [0.5, 0.6) is 0 Å². The normalized spacial score (nSPS) is 20.8. The van der Waals surface area contributed by atoms with Crippen molar-refractivity contribution >= 4 is 5.91 Å². The molecule has 1 aliphatic rings. The minimum Gasteiger partial charge on any atom is -0.392 e. The predicted octanol–water partition coefficient (Wildman–Crippen LogP) is -0.389. The highest BCUT2D eigenvalue weighted by Crippen LogP contribution is 2.31. The van der Waals surface area contributed by atoms with E-state index in [-0.39, 0.29) is 11.9 Å². The van der Waals surface area contributed by atoms with Gasteiger partial charge in [-0.05, 0) is 25.7 Å². The number of carbonyl (C=O) groups is 1. The summed E-state index contributed by atoms with van der Waals surface area (Å²) < 4.78 is 0.